The number of hydrogen-bond donors (Lipinski definition) is 1. The van der Waals surface area contributed by atoms with Crippen LogP contribution < -0.4 is 5.32 Å². The maximum absolute atomic E-state index is 15.3. The van der Waals surface area contributed by atoms with Crippen LogP contribution in [0, 0.1) is 0 Å². The lowest BCUT2D eigenvalue weighted by atomic mass is 9.82. The predicted octanol–water partition coefficient (Wildman–Crippen LogP) is 3.38. The van der Waals surface area contributed by atoms with Crippen LogP contribution in [-0.2, 0) is 9.53 Å². The van der Waals surface area contributed by atoms with Crippen LogP contribution in [0.4, 0.5) is 4.39 Å². The van der Waals surface area contributed by atoms with Crippen molar-refractivity contribution in [3.63, 3.8) is 0 Å². The van der Waals surface area contributed by atoms with Gasteiger partial charge in [0.15, 0.2) is 0 Å². The van der Waals surface area contributed by atoms with Crippen molar-refractivity contribution in [3.8, 4) is 0 Å². The van der Waals surface area contributed by atoms with Gasteiger partial charge in [-0.1, -0.05) is 23.7 Å². The summed E-state index contributed by atoms with van der Waals surface area (Å²) in [6.07, 6.45) is 1.91. The molecule has 1 saturated heterocycles. The summed E-state index contributed by atoms with van der Waals surface area (Å²) in [6, 6.07) is 6.91. The van der Waals surface area contributed by atoms with E-state index in [0.29, 0.717) is 42.1 Å². The monoisotopic (exact) mass is 311 g/mol. The van der Waals surface area contributed by atoms with Gasteiger partial charge in [-0.15, -0.1) is 0 Å². The minimum absolute atomic E-state index is 0.263. The number of carbonyl (C=O) groups is 1. The van der Waals surface area contributed by atoms with Gasteiger partial charge in [-0.2, -0.15) is 0 Å². The zero-order chi connectivity index (χ0) is 15.3. The largest absolute Gasteiger partial charge is 0.463 e. The number of halogens is 2. The van der Waals surface area contributed by atoms with E-state index in [-0.39, 0.29) is 6.61 Å². The molecule has 0 unspecified atom stereocenters. The van der Waals surface area contributed by atoms with Gasteiger partial charge in [-0.25, -0.2) is 9.18 Å². The van der Waals surface area contributed by atoms with E-state index in [0.717, 1.165) is 0 Å². The van der Waals surface area contributed by atoms with Gasteiger partial charge in [0.2, 0.25) is 0 Å². The topological polar surface area (TPSA) is 38.3 Å². The number of benzene rings is 1. The van der Waals surface area contributed by atoms with E-state index in [9.17, 15) is 4.79 Å². The van der Waals surface area contributed by atoms with Crippen LogP contribution in [0.1, 0.15) is 25.3 Å². The second-order valence-corrected chi connectivity index (χ2v) is 5.47. The van der Waals surface area contributed by atoms with Crippen LogP contribution in [-0.4, -0.2) is 31.3 Å². The average Bonchev–Trinajstić information content (AvgIpc) is 2.46. The van der Waals surface area contributed by atoms with Gasteiger partial charge in [-0.3, -0.25) is 0 Å². The molecule has 1 fully saturated rings. The van der Waals surface area contributed by atoms with Crippen molar-refractivity contribution < 1.29 is 13.9 Å². The maximum atomic E-state index is 15.3. The predicted molar refractivity (Wildman–Crippen MR) is 82.0 cm³/mol. The summed E-state index contributed by atoms with van der Waals surface area (Å²) in [5.74, 6) is -0.525. The fourth-order valence-electron chi connectivity index (χ4n) is 2.52. The SMILES string of the molecule is CCOC(=O)/C=C(/c1cccc(Cl)c1)C1(F)CCNCC1. The molecular weight excluding hydrogens is 293 g/mol. The Kier molecular flexibility index (Phi) is 5.37. The molecule has 0 atom stereocenters. The summed E-state index contributed by atoms with van der Waals surface area (Å²) in [6.45, 7) is 3.15. The number of allylic oxidation sites excluding steroid dienone is 1. The van der Waals surface area contributed by atoms with E-state index in [1.54, 1.807) is 31.2 Å². The second kappa shape index (κ2) is 7.05. The molecular formula is C16H19ClFNO2. The Morgan fingerprint density at radius 2 is 2.19 bits per heavy atom. The summed E-state index contributed by atoms with van der Waals surface area (Å²) in [5, 5.41) is 3.64. The molecule has 0 aliphatic carbocycles. The number of alkyl halides is 1. The third kappa shape index (κ3) is 4.05. The molecule has 114 valence electrons. The van der Waals surface area contributed by atoms with Crippen LogP contribution in [0.2, 0.25) is 5.02 Å². The van der Waals surface area contributed by atoms with Crippen LogP contribution in [0.15, 0.2) is 30.3 Å². The van der Waals surface area contributed by atoms with Crippen molar-refractivity contribution >= 4 is 23.1 Å². The van der Waals surface area contributed by atoms with Crippen LogP contribution in [0.5, 0.6) is 0 Å². The van der Waals surface area contributed by atoms with Crippen molar-refractivity contribution in [2.24, 2.45) is 0 Å². The molecule has 0 saturated carbocycles. The molecule has 0 amide bonds. The van der Waals surface area contributed by atoms with Crippen LogP contribution in [0.3, 0.4) is 0 Å². The Bertz CT molecular complexity index is 539. The molecule has 1 aliphatic rings. The lowest BCUT2D eigenvalue weighted by Gasteiger charge is -2.32. The first-order valence-corrected chi connectivity index (χ1v) is 7.47. The van der Waals surface area contributed by atoms with Gasteiger partial charge in [0, 0.05) is 16.7 Å². The zero-order valence-electron chi connectivity index (χ0n) is 12.0. The van der Waals surface area contributed by atoms with Crippen molar-refractivity contribution in [1.29, 1.82) is 0 Å². The highest BCUT2D eigenvalue weighted by atomic mass is 35.5. The fraction of sp³-hybridized carbons (Fsp3) is 0.438. The average molecular weight is 312 g/mol. The molecule has 1 aromatic rings. The highest BCUT2D eigenvalue weighted by Gasteiger charge is 2.37. The van der Waals surface area contributed by atoms with Crippen molar-refractivity contribution in [2.75, 3.05) is 19.7 Å². The Labute approximate surface area is 129 Å². The molecule has 21 heavy (non-hydrogen) atoms. The van der Waals surface area contributed by atoms with E-state index in [1.165, 1.54) is 6.08 Å². The molecule has 1 heterocycles. The summed E-state index contributed by atoms with van der Waals surface area (Å²) >= 11 is 5.99. The second-order valence-electron chi connectivity index (χ2n) is 5.04. The third-order valence-corrected chi connectivity index (χ3v) is 3.80. The maximum Gasteiger partial charge on any atom is 0.331 e. The van der Waals surface area contributed by atoms with E-state index >= 15 is 4.39 Å². The molecule has 1 aliphatic heterocycles. The number of esters is 1. The number of hydrogen-bond acceptors (Lipinski definition) is 3. The highest BCUT2D eigenvalue weighted by molar-refractivity contribution is 6.30. The molecule has 5 heteroatoms. The van der Waals surface area contributed by atoms with Gasteiger partial charge in [0.05, 0.1) is 6.61 Å². The first kappa shape index (κ1) is 16.0. The fourth-order valence-corrected chi connectivity index (χ4v) is 2.71. The first-order chi connectivity index (χ1) is 10.0. The minimum Gasteiger partial charge on any atom is -0.463 e. The molecule has 0 bridgehead atoms. The normalized spacial score (nSPS) is 18.3. The number of rotatable bonds is 4. The van der Waals surface area contributed by atoms with E-state index < -0.39 is 11.6 Å². The summed E-state index contributed by atoms with van der Waals surface area (Å²) in [5.41, 5.74) is -0.562. The van der Waals surface area contributed by atoms with E-state index in [1.807, 2.05) is 0 Å². The summed E-state index contributed by atoms with van der Waals surface area (Å²) < 4.78 is 20.2. The lowest BCUT2D eigenvalue weighted by Crippen LogP contribution is -2.39. The van der Waals surface area contributed by atoms with Crippen molar-refractivity contribution in [1.82, 2.24) is 5.32 Å². The quantitative estimate of drug-likeness (QED) is 0.684. The smallest absolute Gasteiger partial charge is 0.331 e. The zero-order valence-corrected chi connectivity index (χ0v) is 12.8. The molecule has 1 N–H and O–H groups in total. The van der Waals surface area contributed by atoms with Gasteiger partial charge >= 0.3 is 5.97 Å². The van der Waals surface area contributed by atoms with Crippen LogP contribution >= 0.6 is 11.6 Å². The minimum atomic E-state index is -1.54. The summed E-state index contributed by atoms with van der Waals surface area (Å²) in [7, 11) is 0. The van der Waals surface area contributed by atoms with Crippen molar-refractivity contribution in [3.05, 3.63) is 40.9 Å². The van der Waals surface area contributed by atoms with Gasteiger partial charge < -0.3 is 10.1 Å². The molecule has 2 rings (SSSR count). The molecule has 0 aromatic heterocycles. The van der Waals surface area contributed by atoms with Gasteiger partial charge in [-0.05, 0) is 50.6 Å². The van der Waals surface area contributed by atoms with Crippen LogP contribution in [0.25, 0.3) is 5.57 Å². The standard InChI is InChI=1S/C16H19ClFNO2/c1-2-21-15(20)11-14(12-4-3-5-13(17)10-12)16(18)6-8-19-9-7-16/h3-5,10-11,19H,2,6-9H2,1H3/b14-11-. The Hall–Kier alpha value is -1.39. The first-order valence-electron chi connectivity index (χ1n) is 7.09. The van der Waals surface area contributed by atoms with Gasteiger partial charge in [0.1, 0.15) is 5.67 Å². The Balaban J connectivity index is 2.41. The number of nitrogens with one attached hydrogen (secondary N) is 1. The third-order valence-electron chi connectivity index (χ3n) is 3.56. The lowest BCUT2D eigenvalue weighted by molar-refractivity contribution is -0.137. The number of ether oxygens (including phenoxy) is 1. The Morgan fingerprint density at radius 3 is 2.81 bits per heavy atom. The van der Waals surface area contributed by atoms with Crippen molar-refractivity contribution in [2.45, 2.75) is 25.4 Å². The molecule has 3 nitrogen and oxygen atoms in total. The number of piperidine rings is 1. The summed E-state index contributed by atoms with van der Waals surface area (Å²) in [4.78, 5) is 11.8. The Morgan fingerprint density at radius 1 is 1.48 bits per heavy atom. The van der Waals surface area contributed by atoms with E-state index in [4.69, 9.17) is 16.3 Å². The van der Waals surface area contributed by atoms with E-state index in [2.05, 4.69) is 5.32 Å². The molecule has 0 radical (unpaired) electrons. The molecule has 0 spiro atoms. The number of carbonyl (C=O) groups excluding carboxylic acids is 1. The van der Waals surface area contributed by atoms with Gasteiger partial charge in [0.25, 0.3) is 0 Å². The molecule has 1 aromatic carbocycles. The highest BCUT2D eigenvalue weighted by Crippen LogP contribution is 2.38.